The summed E-state index contributed by atoms with van der Waals surface area (Å²) >= 11 is 0. The normalized spacial score (nSPS) is 31.5. The Labute approximate surface area is 75.2 Å². The molecule has 2 atom stereocenters. The number of ether oxygens (including phenoxy) is 2. The van der Waals surface area contributed by atoms with Crippen LogP contribution >= 0.6 is 0 Å². The lowest BCUT2D eigenvalue weighted by atomic mass is 9.94. The maximum Gasteiger partial charge on any atom is 0.147 e. The van der Waals surface area contributed by atoms with Crippen LogP contribution in [0.1, 0.15) is 34.1 Å². The smallest absolute Gasteiger partial charge is 0.147 e. The predicted octanol–water partition coefficient (Wildman–Crippen LogP) is 2.43. The molecule has 2 heteroatoms. The van der Waals surface area contributed by atoms with Gasteiger partial charge >= 0.3 is 0 Å². The summed E-state index contributed by atoms with van der Waals surface area (Å²) < 4.78 is 11.0. The minimum Gasteiger partial charge on any atom is -0.352 e. The quantitative estimate of drug-likeness (QED) is 0.637. The van der Waals surface area contributed by atoms with Crippen LogP contribution in [0.4, 0.5) is 0 Å². The Balaban J connectivity index is 2.40. The fraction of sp³-hybridized carbons (Fsp3) is 1.00. The van der Waals surface area contributed by atoms with Gasteiger partial charge in [-0.3, -0.25) is 0 Å². The van der Waals surface area contributed by atoms with Crippen LogP contribution in [0.25, 0.3) is 0 Å². The van der Waals surface area contributed by atoms with Gasteiger partial charge in [0.25, 0.3) is 0 Å². The molecule has 0 N–H and O–H groups in total. The molecule has 0 aromatic carbocycles. The molecule has 1 aliphatic heterocycles. The van der Waals surface area contributed by atoms with E-state index in [-0.39, 0.29) is 0 Å². The van der Waals surface area contributed by atoms with Gasteiger partial charge in [0.15, 0.2) is 0 Å². The molecule has 0 amide bonds. The number of hydrogen-bond acceptors (Lipinski definition) is 2. The van der Waals surface area contributed by atoms with Crippen molar-refractivity contribution in [2.45, 2.75) is 46.3 Å². The first kappa shape index (κ1) is 10.0. The van der Waals surface area contributed by atoms with E-state index in [0.717, 1.165) is 6.42 Å². The molecule has 0 unspecified atom stereocenters. The summed E-state index contributed by atoms with van der Waals surface area (Å²) in [5.74, 6) is 1.21. The first-order valence-corrected chi connectivity index (χ1v) is 4.84. The van der Waals surface area contributed by atoms with Crippen molar-refractivity contribution in [3.8, 4) is 0 Å². The molecule has 1 saturated heterocycles. The van der Waals surface area contributed by atoms with Crippen molar-refractivity contribution in [3.63, 3.8) is 0 Å². The molecule has 0 aromatic rings. The topological polar surface area (TPSA) is 18.5 Å². The molecule has 1 fully saturated rings. The molecule has 72 valence electrons. The molecule has 12 heavy (non-hydrogen) atoms. The predicted molar refractivity (Wildman–Crippen MR) is 48.9 cm³/mol. The highest BCUT2D eigenvalue weighted by atomic mass is 16.7. The average Bonchev–Trinajstić information content (AvgIpc) is 2.04. The summed E-state index contributed by atoms with van der Waals surface area (Å²) in [5.41, 5.74) is 0. The van der Waals surface area contributed by atoms with E-state index >= 15 is 0 Å². The first-order valence-electron chi connectivity index (χ1n) is 4.84. The Morgan fingerprint density at radius 3 is 1.67 bits per heavy atom. The van der Waals surface area contributed by atoms with Crippen molar-refractivity contribution in [3.05, 3.63) is 0 Å². The summed E-state index contributed by atoms with van der Waals surface area (Å²) in [7, 11) is 0. The van der Waals surface area contributed by atoms with Gasteiger partial charge in [0, 0.05) is 6.42 Å². The van der Waals surface area contributed by atoms with Gasteiger partial charge in [-0.25, -0.2) is 0 Å². The third-order valence-electron chi connectivity index (χ3n) is 2.52. The number of rotatable bonds is 2. The molecule has 0 spiro atoms. The van der Waals surface area contributed by atoms with Crippen LogP contribution in [0.2, 0.25) is 0 Å². The molecule has 2 nitrogen and oxygen atoms in total. The van der Waals surface area contributed by atoms with Crippen LogP contribution in [0.3, 0.4) is 0 Å². The summed E-state index contributed by atoms with van der Waals surface area (Å²) in [6, 6.07) is 0. The van der Waals surface area contributed by atoms with Gasteiger partial charge in [-0.1, -0.05) is 27.7 Å². The zero-order chi connectivity index (χ0) is 9.14. The lowest BCUT2D eigenvalue weighted by Gasteiger charge is -2.33. The molecular formula is C10H20O2. The van der Waals surface area contributed by atoms with Crippen LogP contribution in [0.5, 0.6) is 0 Å². The van der Waals surface area contributed by atoms with Gasteiger partial charge in [-0.15, -0.1) is 0 Å². The van der Waals surface area contributed by atoms with E-state index in [1.54, 1.807) is 0 Å². The van der Waals surface area contributed by atoms with E-state index in [2.05, 4.69) is 27.7 Å². The third kappa shape index (κ3) is 2.46. The molecule has 1 rings (SSSR count). The Kier molecular flexibility index (Phi) is 3.53. The molecule has 1 heterocycles. The van der Waals surface area contributed by atoms with E-state index in [1.807, 2.05) is 0 Å². The second-order valence-electron chi connectivity index (χ2n) is 4.25. The molecule has 0 bridgehead atoms. The maximum absolute atomic E-state index is 5.50. The lowest BCUT2D eigenvalue weighted by molar-refractivity contribution is -0.195. The van der Waals surface area contributed by atoms with Gasteiger partial charge in [0.2, 0.25) is 0 Å². The van der Waals surface area contributed by atoms with Crippen LogP contribution in [-0.2, 0) is 9.47 Å². The molecule has 0 radical (unpaired) electrons. The van der Waals surface area contributed by atoms with E-state index in [1.165, 1.54) is 0 Å². The van der Waals surface area contributed by atoms with E-state index in [0.29, 0.717) is 30.8 Å². The SMILES string of the molecule is CC(C)[C@@H]1C[C@@H](C(C)C)OCO1. The minimum atomic E-state index is 0.395. The highest BCUT2D eigenvalue weighted by Gasteiger charge is 2.27. The zero-order valence-corrected chi connectivity index (χ0v) is 8.54. The van der Waals surface area contributed by atoms with Gasteiger partial charge in [-0.2, -0.15) is 0 Å². The summed E-state index contributed by atoms with van der Waals surface area (Å²) in [6.07, 6.45) is 1.84. The van der Waals surface area contributed by atoms with Crippen molar-refractivity contribution in [2.24, 2.45) is 11.8 Å². The second kappa shape index (κ2) is 4.24. The Morgan fingerprint density at radius 1 is 0.917 bits per heavy atom. The Morgan fingerprint density at radius 2 is 1.33 bits per heavy atom. The van der Waals surface area contributed by atoms with Crippen molar-refractivity contribution >= 4 is 0 Å². The summed E-state index contributed by atoms with van der Waals surface area (Å²) in [4.78, 5) is 0. The minimum absolute atomic E-state index is 0.395. The molecule has 0 aliphatic carbocycles. The molecule has 0 saturated carbocycles. The third-order valence-corrected chi connectivity index (χ3v) is 2.52. The number of hydrogen-bond donors (Lipinski definition) is 0. The van der Waals surface area contributed by atoms with Crippen LogP contribution in [0.15, 0.2) is 0 Å². The standard InChI is InChI=1S/C10H20O2/c1-7(2)9-5-10(8(3)4)12-6-11-9/h7-10H,5-6H2,1-4H3/t9-,10-/m0/s1. The monoisotopic (exact) mass is 172 g/mol. The van der Waals surface area contributed by atoms with Gasteiger partial charge < -0.3 is 9.47 Å². The van der Waals surface area contributed by atoms with Crippen molar-refractivity contribution < 1.29 is 9.47 Å². The van der Waals surface area contributed by atoms with Crippen LogP contribution < -0.4 is 0 Å². The highest BCUT2D eigenvalue weighted by molar-refractivity contribution is 4.73. The Hall–Kier alpha value is -0.0800. The van der Waals surface area contributed by atoms with Crippen molar-refractivity contribution in [1.82, 2.24) is 0 Å². The van der Waals surface area contributed by atoms with E-state index in [9.17, 15) is 0 Å². The van der Waals surface area contributed by atoms with Gasteiger partial charge in [0.05, 0.1) is 12.2 Å². The van der Waals surface area contributed by atoms with Crippen molar-refractivity contribution in [2.75, 3.05) is 6.79 Å². The Bertz CT molecular complexity index is 118. The fourth-order valence-corrected chi connectivity index (χ4v) is 1.51. The van der Waals surface area contributed by atoms with E-state index in [4.69, 9.17) is 9.47 Å². The largest absolute Gasteiger partial charge is 0.352 e. The molecule has 0 aromatic heterocycles. The lowest BCUT2D eigenvalue weighted by Crippen LogP contribution is -2.37. The van der Waals surface area contributed by atoms with Crippen LogP contribution in [0, 0.1) is 11.8 Å². The second-order valence-corrected chi connectivity index (χ2v) is 4.25. The van der Waals surface area contributed by atoms with E-state index < -0.39 is 0 Å². The molecule has 1 aliphatic rings. The van der Waals surface area contributed by atoms with Crippen LogP contribution in [-0.4, -0.2) is 19.0 Å². The zero-order valence-electron chi connectivity index (χ0n) is 8.54. The summed E-state index contributed by atoms with van der Waals surface area (Å²) in [5, 5.41) is 0. The fourth-order valence-electron chi connectivity index (χ4n) is 1.51. The van der Waals surface area contributed by atoms with Gasteiger partial charge in [0.1, 0.15) is 6.79 Å². The molecular weight excluding hydrogens is 152 g/mol. The average molecular weight is 172 g/mol. The summed E-state index contributed by atoms with van der Waals surface area (Å²) in [6.45, 7) is 9.28. The van der Waals surface area contributed by atoms with Gasteiger partial charge in [-0.05, 0) is 11.8 Å². The maximum atomic E-state index is 5.50. The highest BCUT2D eigenvalue weighted by Crippen LogP contribution is 2.23. The first-order chi connectivity index (χ1) is 5.61. The van der Waals surface area contributed by atoms with Crippen molar-refractivity contribution in [1.29, 1.82) is 0 Å².